The van der Waals surface area contributed by atoms with Gasteiger partial charge in [-0.05, 0) is 24.3 Å². The summed E-state index contributed by atoms with van der Waals surface area (Å²) in [6.45, 7) is 1.61. The van der Waals surface area contributed by atoms with Crippen LogP contribution in [-0.2, 0) is 0 Å². The van der Waals surface area contributed by atoms with Crippen molar-refractivity contribution in [3.8, 4) is 17.2 Å². The molecule has 0 heterocycles. The van der Waals surface area contributed by atoms with Gasteiger partial charge in [0.15, 0.2) is 11.5 Å². The first-order valence-corrected chi connectivity index (χ1v) is 7.77. The van der Waals surface area contributed by atoms with Crippen molar-refractivity contribution in [3.05, 3.63) is 45.4 Å². The van der Waals surface area contributed by atoms with Gasteiger partial charge in [0.25, 0.3) is 0 Å². The van der Waals surface area contributed by atoms with E-state index in [1.807, 2.05) is 18.2 Å². The molecule has 0 N–H and O–H groups in total. The highest BCUT2D eigenvalue weighted by atomic mass is 32.2. The Morgan fingerprint density at radius 3 is 2.17 bits per heavy atom. The minimum absolute atomic E-state index is 0.263. The molecule has 1 aliphatic carbocycles. The molecular formula is C16H19NO5S. The molecule has 2 rings (SSSR count). The Morgan fingerprint density at radius 2 is 1.78 bits per heavy atom. The largest absolute Gasteiger partial charge is 0.493 e. The van der Waals surface area contributed by atoms with E-state index in [0.717, 1.165) is 9.80 Å². The number of thioether (sulfide) groups is 1. The number of methoxy groups -OCH3 is 3. The van der Waals surface area contributed by atoms with Gasteiger partial charge in [-0.25, -0.2) is 0 Å². The number of nitrogens with zero attached hydrogens (tertiary/aromatic N) is 1. The summed E-state index contributed by atoms with van der Waals surface area (Å²) in [5, 5.41) is 11.0. The van der Waals surface area contributed by atoms with Gasteiger partial charge in [0, 0.05) is 28.1 Å². The topological polar surface area (TPSA) is 70.8 Å². The molecule has 0 saturated heterocycles. The zero-order valence-corrected chi connectivity index (χ0v) is 14.3. The molecule has 0 spiro atoms. The summed E-state index contributed by atoms with van der Waals surface area (Å²) in [7, 11) is 4.68. The Balaban J connectivity index is 2.23. The van der Waals surface area contributed by atoms with Crippen molar-refractivity contribution >= 4 is 11.8 Å². The van der Waals surface area contributed by atoms with Gasteiger partial charge in [0.1, 0.15) is 0 Å². The van der Waals surface area contributed by atoms with E-state index in [0.29, 0.717) is 23.7 Å². The van der Waals surface area contributed by atoms with Crippen molar-refractivity contribution in [3.63, 3.8) is 0 Å². The molecule has 1 aromatic carbocycles. The van der Waals surface area contributed by atoms with Crippen LogP contribution >= 0.6 is 11.8 Å². The smallest absolute Gasteiger partial charge is 0.241 e. The van der Waals surface area contributed by atoms with Gasteiger partial charge < -0.3 is 14.2 Å². The average molecular weight is 337 g/mol. The van der Waals surface area contributed by atoms with Gasteiger partial charge in [-0.3, -0.25) is 10.1 Å². The van der Waals surface area contributed by atoms with Crippen LogP contribution in [0.4, 0.5) is 0 Å². The molecule has 124 valence electrons. The Kier molecular flexibility index (Phi) is 5.20. The number of ether oxygens (including phenoxy) is 3. The summed E-state index contributed by atoms with van der Waals surface area (Å²) in [6.07, 6.45) is 5.65. The molecule has 0 amide bonds. The van der Waals surface area contributed by atoms with Crippen molar-refractivity contribution < 1.29 is 19.1 Å². The highest BCUT2D eigenvalue weighted by molar-refractivity contribution is 8.03. The zero-order chi connectivity index (χ0) is 17.0. The van der Waals surface area contributed by atoms with E-state index in [1.165, 1.54) is 11.8 Å². The second-order valence-electron chi connectivity index (χ2n) is 5.22. The third-order valence-electron chi connectivity index (χ3n) is 3.61. The molecule has 23 heavy (non-hydrogen) atoms. The number of rotatable bonds is 6. The van der Waals surface area contributed by atoms with E-state index in [2.05, 4.69) is 0 Å². The predicted molar refractivity (Wildman–Crippen MR) is 89.2 cm³/mol. The van der Waals surface area contributed by atoms with E-state index < -0.39 is 5.54 Å². The molecule has 0 aromatic heterocycles. The fraction of sp³-hybridized carbons (Fsp3) is 0.375. The van der Waals surface area contributed by atoms with Gasteiger partial charge >= 0.3 is 0 Å². The number of benzene rings is 1. The Hall–Kier alpha value is -2.15. The van der Waals surface area contributed by atoms with Crippen LogP contribution < -0.4 is 14.2 Å². The normalized spacial score (nSPS) is 19.9. The van der Waals surface area contributed by atoms with E-state index in [-0.39, 0.29) is 4.92 Å². The van der Waals surface area contributed by atoms with Gasteiger partial charge in [-0.15, -0.1) is 0 Å². The molecule has 0 aliphatic heterocycles. The molecule has 1 aromatic rings. The lowest BCUT2D eigenvalue weighted by Crippen LogP contribution is -2.32. The zero-order valence-electron chi connectivity index (χ0n) is 13.5. The SMILES string of the molecule is COc1cc(SC2=CCC(C)([N+](=O)[O-])C=C2)cc(OC)c1OC. The number of hydrogen-bond acceptors (Lipinski definition) is 6. The Labute approximate surface area is 139 Å². The number of nitro groups is 1. The van der Waals surface area contributed by atoms with E-state index in [9.17, 15) is 10.1 Å². The van der Waals surface area contributed by atoms with Crippen molar-refractivity contribution in [1.82, 2.24) is 0 Å². The van der Waals surface area contributed by atoms with Crippen LogP contribution in [0.25, 0.3) is 0 Å². The second kappa shape index (κ2) is 6.95. The lowest BCUT2D eigenvalue weighted by atomic mass is 9.95. The van der Waals surface area contributed by atoms with Crippen molar-refractivity contribution in [2.75, 3.05) is 21.3 Å². The highest BCUT2D eigenvalue weighted by Gasteiger charge is 2.34. The van der Waals surface area contributed by atoms with Gasteiger partial charge in [0.05, 0.1) is 21.3 Å². The van der Waals surface area contributed by atoms with E-state index in [4.69, 9.17) is 14.2 Å². The number of allylic oxidation sites excluding steroid dienone is 1. The monoisotopic (exact) mass is 337 g/mol. The fourth-order valence-electron chi connectivity index (χ4n) is 2.17. The van der Waals surface area contributed by atoms with Crippen molar-refractivity contribution in [2.24, 2.45) is 0 Å². The third-order valence-corrected chi connectivity index (χ3v) is 4.62. The molecule has 7 heteroatoms. The molecule has 1 unspecified atom stereocenters. The maximum atomic E-state index is 11.0. The highest BCUT2D eigenvalue weighted by Crippen LogP contribution is 2.43. The first kappa shape index (κ1) is 17.2. The van der Waals surface area contributed by atoms with Crippen molar-refractivity contribution in [1.29, 1.82) is 0 Å². The van der Waals surface area contributed by atoms with Gasteiger partial charge in [0.2, 0.25) is 11.3 Å². The van der Waals surface area contributed by atoms with E-state index in [1.54, 1.807) is 40.4 Å². The number of hydrogen-bond donors (Lipinski definition) is 0. The Morgan fingerprint density at radius 1 is 1.17 bits per heavy atom. The molecule has 6 nitrogen and oxygen atoms in total. The summed E-state index contributed by atoms with van der Waals surface area (Å²) in [5.41, 5.74) is -1.03. The average Bonchev–Trinajstić information content (AvgIpc) is 2.55. The summed E-state index contributed by atoms with van der Waals surface area (Å²) in [6, 6.07) is 3.70. The van der Waals surface area contributed by atoms with E-state index >= 15 is 0 Å². The quantitative estimate of drug-likeness (QED) is 0.582. The molecule has 1 atom stereocenters. The molecule has 1 aliphatic rings. The molecular weight excluding hydrogens is 318 g/mol. The van der Waals surface area contributed by atoms with Crippen LogP contribution in [0.1, 0.15) is 13.3 Å². The molecule has 0 fully saturated rings. The standard InChI is InChI=1S/C16H19NO5S/c1-16(17(18)19)7-5-11(6-8-16)23-12-9-13(20-2)15(22-4)14(10-12)21-3/h5-7,9-10H,8H2,1-4H3. The van der Waals surface area contributed by atoms with Crippen LogP contribution in [0.3, 0.4) is 0 Å². The van der Waals surface area contributed by atoms with Crippen LogP contribution in [0.5, 0.6) is 17.2 Å². The first-order valence-electron chi connectivity index (χ1n) is 6.95. The molecule has 0 bridgehead atoms. The lowest BCUT2D eigenvalue weighted by molar-refractivity contribution is -0.549. The summed E-state index contributed by atoms with van der Waals surface area (Å²) in [5.74, 6) is 1.68. The molecule has 0 saturated carbocycles. The van der Waals surface area contributed by atoms with Crippen LogP contribution in [0, 0.1) is 10.1 Å². The predicted octanol–water partition coefficient (Wildman–Crippen LogP) is 3.68. The Bertz CT molecular complexity index is 645. The molecule has 0 radical (unpaired) electrons. The summed E-state index contributed by atoms with van der Waals surface area (Å²) in [4.78, 5) is 12.6. The van der Waals surface area contributed by atoms with Crippen LogP contribution in [-0.4, -0.2) is 31.8 Å². The van der Waals surface area contributed by atoms with Gasteiger partial charge in [-0.1, -0.05) is 17.8 Å². The van der Waals surface area contributed by atoms with Gasteiger partial charge in [-0.2, -0.15) is 0 Å². The third kappa shape index (κ3) is 3.61. The minimum atomic E-state index is -1.03. The second-order valence-corrected chi connectivity index (χ2v) is 6.37. The van der Waals surface area contributed by atoms with Crippen LogP contribution in [0.15, 0.2) is 40.2 Å². The first-order chi connectivity index (χ1) is 10.9. The summed E-state index contributed by atoms with van der Waals surface area (Å²) < 4.78 is 15.9. The maximum Gasteiger partial charge on any atom is 0.241 e. The van der Waals surface area contributed by atoms with Crippen LogP contribution in [0.2, 0.25) is 0 Å². The maximum absolute atomic E-state index is 11.0. The fourth-order valence-corrected chi connectivity index (χ4v) is 3.07. The lowest BCUT2D eigenvalue weighted by Gasteiger charge is -2.19. The van der Waals surface area contributed by atoms with Crippen molar-refractivity contribution in [2.45, 2.75) is 23.8 Å². The minimum Gasteiger partial charge on any atom is -0.493 e. The summed E-state index contributed by atoms with van der Waals surface area (Å²) >= 11 is 1.49.